The molecule has 0 atom stereocenters. The van der Waals surface area contributed by atoms with E-state index in [0.717, 1.165) is 13.0 Å². The van der Waals surface area contributed by atoms with Crippen LogP contribution in [0.25, 0.3) is 0 Å². The highest BCUT2D eigenvalue weighted by Crippen LogP contribution is 2.22. The zero-order valence-corrected chi connectivity index (χ0v) is 9.54. The number of nitrogens with two attached hydrogens (primary N) is 1. The Morgan fingerprint density at radius 1 is 1.50 bits per heavy atom. The Hall–Kier alpha value is -1.17. The van der Waals surface area contributed by atoms with Gasteiger partial charge in [-0.1, -0.05) is 11.6 Å². The molecule has 16 heavy (non-hydrogen) atoms. The first-order valence-electron chi connectivity index (χ1n) is 4.98. The summed E-state index contributed by atoms with van der Waals surface area (Å²) in [6.45, 7) is 1.81. The van der Waals surface area contributed by atoms with Crippen molar-refractivity contribution in [2.75, 3.05) is 13.1 Å². The van der Waals surface area contributed by atoms with Crippen LogP contribution in [0.15, 0.2) is 18.2 Å². The van der Waals surface area contributed by atoms with E-state index in [-0.39, 0.29) is 5.69 Å². The van der Waals surface area contributed by atoms with Crippen LogP contribution in [-0.2, 0) is 6.54 Å². The number of nitrogens with one attached hydrogen (secondary N) is 1. The van der Waals surface area contributed by atoms with E-state index >= 15 is 0 Å². The van der Waals surface area contributed by atoms with Gasteiger partial charge in [0, 0.05) is 23.2 Å². The monoisotopic (exact) mass is 243 g/mol. The van der Waals surface area contributed by atoms with Crippen LogP contribution in [0.2, 0.25) is 5.02 Å². The van der Waals surface area contributed by atoms with Gasteiger partial charge in [-0.25, -0.2) is 0 Å². The second kappa shape index (κ2) is 6.42. The maximum absolute atomic E-state index is 10.8. The summed E-state index contributed by atoms with van der Waals surface area (Å²) in [4.78, 5) is 10.3. The van der Waals surface area contributed by atoms with Crippen LogP contribution in [0, 0.1) is 10.1 Å². The van der Waals surface area contributed by atoms with Crippen molar-refractivity contribution in [2.45, 2.75) is 13.0 Å². The summed E-state index contributed by atoms with van der Waals surface area (Å²) in [6.07, 6.45) is 0.849. The van der Waals surface area contributed by atoms with E-state index in [1.54, 1.807) is 12.1 Å². The van der Waals surface area contributed by atoms with Gasteiger partial charge in [-0.05, 0) is 31.6 Å². The fourth-order valence-electron chi connectivity index (χ4n) is 1.31. The molecule has 1 aromatic carbocycles. The molecule has 0 saturated carbocycles. The molecule has 1 aromatic rings. The van der Waals surface area contributed by atoms with E-state index in [2.05, 4.69) is 5.32 Å². The third-order valence-electron chi connectivity index (χ3n) is 2.12. The molecule has 0 amide bonds. The number of benzene rings is 1. The molecule has 0 aliphatic heterocycles. The number of hydrogen-bond acceptors (Lipinski definition) is 4. The van der Waals surface area contributed by atoms with Crippen LogP contribution in [-0.4, -0.2) is 18.0 Å². The highest BCUT2D eigenvalue weighted by Gasteiger charge is 2.13. The highest BCUT2D eigenvalue weighted by molar-refractivity contribution is 6.30. The van der Waals surface area contributed by atoms with E-state index in [1.165, 1.54) is 6.07 Å². The lowest BCUT2D eigenvalue weighted by Crippen LogP contribution is -2.18. The Morgan fingerprint density at radius 2 is 2.25 bits per heavy atom. The molecule has 0 fully saturated rings. The van der Waals surface area contributed by atoms with Gasteiger partial charge < -0.3 is 11.1 Å². The Kier molecular flexibility index (Phi) is 5.18. The number of hydrogen-bond donors (Lipinski definition) is 2. The van der Waals surface area contributed by atoms with Gasteiger partial charge in [0.1, 0.15) is 0 Å². The first-order chi connectivity index (χ1) is 7.65. The maximum atomic E-state index is 10.8. The molecule has 0 saturated heterocycles. The lowest BCUT2D eigenvalue weighted by molar-refractivity contribution is -0.385. The van der Waals surface area contributed by atoms with Crippen LogP contribution in [0.5, 0.6) is 0 Å². The molecule has 1 rings (SSSR count). The Morgan fingerprint density at radius 3 is 2.88 bits per heavy atom. The average Bonchev–Trinajstić information content (AvgIpc) is 2.26. The largest absolute Gasteiger partial charge is 0.330 e. The lowest BCUT2D eigenvalue weighted by atomic mass is 10.2. The van der Waals surface area contributed by atoms with Crippen LogP contribution in [0.4, 0.5) is 5.69 Å². The molecule has 88 valence electrons. The van der Waals surface area contributed by atoms with E-state index < -0.39 is 4.92 Å². The maximum Gasteiger partial charge on any atom is 0.275 e. The fraction of sp³-hybridized carbons (Fsp3) is 0.400. The second-order valence-corrected chi connectivity index (χ2v) is 3.79. The lowest BCUT2D eigenvalue weighted by Gasteiger charge is -2.05. The molecule has 0 bridgehead atoms. The van der Waals surface area contributed by atoms with Crippen molar-refractivity contribution in [1.82, 2.24) is 5.32 Å². The van der Waals surface area contributed by atoms with Gasteiger partial charge in [0.15, 0.2) is 0 Å². The molecular formula is C10H14ClN3O2. The van der Waals surface area contributed by atoms with Crippen LogP contribution >= 0.6 is 11.6 Å². The average molecular weight is 244 g/mol. The van der Waals surface area contributed by atoms with Crippen molar-refractivity contribution < 1.29 is 4.92 Å². The summed E-state index contributed by atoms with van der Waals surface area (Å²) in [6, 6.07) is 4.67. The van der Waals surface area contributed by atoms with Gasteiger partial charge in [0.25, 0.3) is 5.69 Å². The fourth-order valence-corrected chi connectivity index (χ4v) is 1.47. The van der Waals surface area contributed by atoms with E-state index in [0.29, 0.717) is 23.7 Å². The molecule has 0 aliphatic rings. The number of nitrogens with zero attached hydrogens (tertiary/aromatic N) is 1. The van der Waals surface area contributed by atoms with Crippen molar-refractivity contribution in [3.63, 3.8) is 0 Å². The van der Waals surface area contributed by atoms with E-state index in [4.69, 9.17) is 17.3 Å². The summed E-state index contributed by atoms with van der Waals surface area (Å²) in [5, 5.41) is 14.2. The molecule has 5 nitrogen and oxygen atoms in total. The van der Waals surface area contributed by atoms with Gasteiger partial charge in [-0.3, -0.25) is 10.1 Å². The third-order valence-corrected chi connectivity index (χ3v) is 2.35. The minimum absolute atomic E-state index is 0.0488. The first-order valence-corrected chi connectivity index (χ1v) is 5.36. The van der Waals surface area contributed by atoms with Crippen LogP contribution < -0.4 is 11.1 Å². The zero-order chi connectivity index (χ0) is 12.0. The minimum Gasteiger partial charge on any atom is -0.330 e. The molecule has 0 aromatic heterocycles. The van der Waals surface area contributed by atoms with Gasteiger partial charge in [0.05, 0.1) is 4.92 Å². The molecule has 0 heterocycles. The number of rotatable bonds is 6. The SMILES string of the molecule is NCCCNCc1ccc(Cl)cc1[N+](=O)[O-]. The van der Waals surface area contributed by atoms with Crippen LogP contribution in [0.3, 0.4) is 0 Å². The van der Waals surface area contributed by atoms with Crippen molar-refractivity contribution >= 4 is 17.3 Å². The van der Waals surface area contributed by atoms with Crippen molar-refractivity contribution in [3.8, 4) is 0 Å². The van der Waals surface area contributed by atoms with Gasteiger partial charge in [-0.15, -0.1) is 0 Å². The standard InChI is InChI=1S/C10H14ClN3O2/c11-9-3-2-8(7-13-5-1-4-12)10(6-9)14(15)16/h2-3,6,13H,1,4-5,7,12H2. The summed E-state index contributed by atoms with van der Waals surface area (Å²) in [5.41, 5.74) is 6.02. The van der Waals surface area contributed by atoms with Crippen molar-refractivity contribution in [1.29, 1.82) is 0 Å². The molecule has 0 spiro atoms. The number of halogens is 1. The smallest absolute Gasteiger partial charge is 0.275 e. The summed E-state index contributed by atoms with van der Waals surface area (Å²) in [5.74, 6) is 0. The third kappa shape index (κ3) is 3.77. The van der Waals surface area contributed by atoms with Crippen molar-refractivity contribution in [3.05, 3.63) is 38.9 Å². The van der Waals surface area contributed by atoms with Crippen LogP contribution in [0.1, 0.15) is 12.0 Å². The van der Waals surface area contributed by atoms with Gasteiger partial charge in [-0.2, -0.15) is 0 Å². The molecule has 0 radical (unpaired) electrons. The van der Waals surface area contributed by atoms with Gasteiger partial charge >= 0.3 is 0 Å². The van der Waals surface area contributed by atoms with Crippen molar-refractivity contribution in [2.24, 2.45) is 5.73 Å². The van der Waals surface area contributed by atoms with E-state index in [1.807, 2.05) is 0 Å². The quantitative estimate of drug-likeness (QED) is 0.453. The molecule has 0 unspecified atom stereocenters. The topological polar surface area (TPSA) is 81.2 Å². The molecule has 3 N–H and O–H groups in total. The summed E-state index contributed by atoms with van der Waals surface area (Å²) >= 11 is 5.70. The number of nitro groups is 1. The first kappa shape index (κ1) is 12.9. The minimum atomic E-state index is -0.425. The Balaban J connectivity index is 2.67. The normalized spacial score (nSPS) is 10.4. The predicted molar refractivity (Wildman–Crippen MR) is 63.5 cm³/mol. The van der Waals surface area contributed by atoms with E-state index in [9.17, 15) is 10.1 Å². The highest BCUT2D eigenvalue weighted by atomic mass is 35.5. The summed E-state index contributed by atoms with van der Waals surface area (Å²) in [7, 11) is 0. The molecule has 6 heteroatoms. The Bertz CT molecular complexity index is 371. The number of nitro benzene ring substituents is 1. The molecule has 0 aliphatic carbocycles. The predicted octanol–water partition coefficient (Wildman–Crippen LogP) is 1.69. The van der Waals surface area contributed by atoms with Gasteiger partial charge in [0.2, 0.25) is 0 Å². The zero-order valence-electron chi connectivity index (χ0n) is 8.78. The molecular weight excluding hydrogens is 230 g/mol. The Labute approximate surface area is 98.7 Å². The second-order valence-electron chi connectivity index (χ2n) is 3.35. The summed E-state index contributed by atoms with van der Waals surface area (Å²) < 4.78 is 0.